The monoisotopic (exact) mass is 391 g/mol. The number of nitrogens with zero attached hydrogens (tertiary/aromatic N) is 1. The summed E-state index contributed by atoms with van der Waals surface area (Å²) in [5, 5.41) is 0. The zero-order valence-corrected chi connectivity index (χ0v) is 14.8. The maximum absolute atomic E-state index is 12.6. The van der Waals surface area contributed by atoms with Crippen molar-refractivity contribution in [1.29, 1.82) is 0 Å². The second-order valence-corrected chi connectivity index (χ2v) is 8.84. The molecule has 0 aromatic heterocycles. The number of halogens is 1. The first-order chi connectivity index (χ1) is 9.65. The lowest BCUT2D eigenvalue weighted by molar-refractivity contribution is -0.932. The number of nitrogens with one attached hydrogen (secondary N) is 1. The topological polar surface area (TPSA) is 24.8 Å². The van der Waals surface area contributed by atoms with Crippen LogP contribution in [0.25, 0.3) is 0 Å². The van der Waals surface area contributed by atoms with Gasteiger partial charge in [-0.3, -0.25) is 4.79 Å². The van der Waals surface area contributed by atoms with Crippen molar-refractivity contribution >= 4 is 28.4 Å². The van der Waals surface area contributed by atoms with E-state index in [9.17, 15) is 4.79 Å². The largest absolute Gasteiger partial charge is 0.310 e. The molecule has 0 aromatic rings. The summed E-state index contributed by atoms with van der Waals surface area (Å²) in [6.45, 7) is 5.59. The van der Waals surface area contributed by atoms with Gasteiger partial charge in [0.15, 0.2) is 5.78 Å². The van der Waals surface area contributed by atoms with Crippen molar-refractivity contribution in [2.24, 2.45) is 5.92 Å². The number of Topliss-reactive ketones (excluding diaryl/α,β-unsaturated/α-hetero) is 1. The summed E-state index contributed by atoms with van der Waals surface area (Å²) in [4.78, 5) is 16.9. The summed E-state index contributed by atoms with van der Waals surface area (Å²) in [5.41, 5.74) is 0. The Balaban J connectivity index is 1.57. The predicted molar refractivity (Wildman–Crippen MR) is 89.3 cm³/mol. The van der Waals surface area contributed by atoms with Gasteiger partial charge in [-0.15, -0.1) is 0 Å². The molecule has 1 N–H and O–H groups in total. The molecule has 0 spiro atoms. The highest BCUT2D eigenvalue weighted by atomic mass is 127. The molecule has 0 bridgehead atoms. The van der Waals surface area contributed by atoms with Crippen molar-refractivity contribution in [3.63, 3.8) is 0 Å². The van der Waals surface area contributed by atoms with E-state index in [1.54, 1.807) is 4.90 Å². The number of quaternary nitrogens is 1. The van der Waals surface area contributed by atoms with Gasteiger partial charge in [0.25, 0.3) is 0 Å². The van der Waals surface area contributed by atoms with E-state index in [1.807, 2.05) is 0 Å². The number of alkyl halides is 1. The fourth-order valence-electron chi connectivity index (χ4n) is 4.44. The highest BCUT2D eigenvalue weighted by Gasteiger charge is 2.43. The zero-order chi connectivity index (χ0) is 14.1. The van der Waals surface area contributed by atoms with Gasteiger partial charge in [-0.1, -0.05) is 22.6 Å². The summed E-state index contributed by atoms with van der Waals surface area (Å²) >= 11 is 2.54. The lowest BCUT2D eigenvalue weighted by atomic mass is 9.86. The van der Waals surface area contributed by atoms with Gasteiger partial charge in [0.2, 0.25) is 0 Å². The normalized spacial score (nSPS) is 42.4. The third-order valence-electron chi connectivity index (χ3n) is 5.67. The van der Waals surface area contributed by atoms with Crippen molar-refractivity contribution in [3.8, 4) is 0 Å². The quantitative estimate of drug-likeness (QED) is 0.585. The number of ketones is 1. The number of piperidine rings is 1. The van der Waals surface area contributed by atoms with Gasteiger partial charge < -0.3 is 4.90 Å². The van der Waals surface area contributed by atoms with Gasteiger partial charge in [0.05, 0.1) is 12.6 Å². The van der Waals surface area contributed by atoms with E-state index >= 15 is 0 Å². The molecule has 2 aliphatic heterocycles. The van der Waals surface area contributed by atoms with E-state index < -0.39 is 0 Å². The van der Waals surface area contributed by atoms with Gasteiger partial charge in [0.1, 0.15) is 12.7 Å². The number of hydrogen-bond acceptors (Lipinski definition) is 2. The molecule has 0 amide bonds. The van der Waals surface area contributed by atoms with Gasteiger partial charge in [-0.2, -0.15) is 0 Å². The minimum atomic E-state index is 0.373. The van der Waals surface area contributed by atoms with E-state index in [2.05, 4.69) is 34.4 Å². The van der Waals surface area contributed by atoms with E-state index in [-0.39, 0.29) is 0 Å². The molecule has 3 atom stereocenters. The third-order valence-corrected chi connectivity index (χ3v) is 6.92. The first-order valence-electron chi connectivity index (χ1n) is 8.41. The Morgan fingerprint density at radius 2 is 1.95 bits per heavy atom. The molecule has 2 heterocycles. The minimum Gasteiger partial charge on any atom is -0.310 e. The Labute approximate surface area is 136 Å². The molecule has 3 unspecified atom stereocenters. The second kappa shape index (κ2) is 6.61. The zero-order valence-electron chi connectivity index (χ0n) is 12.6. The molecule has 3 rings (SSSR count). The summed E-state index contributed by atoms with van der Waals surface area (Å²) in [5.74, 6) is 0.931. The molecular formula is C16H28IN2O+. The average molecular weight is 391 g/mol. The van der Waals surface area contributed by atoms with Crippen molar-refractivity contribution in [3.05, 3.63) is 0 Å². The SMILES string of the molecule is CC1CN2CCCCC2[NH+]1CC(=O)C1CCC(I)CC1. The van der Waals surface area contributed by atoms with Crippen LogP contribution in [0.15, 0.2) is 0 Å². The van der Waals surface area contributed by atoms with E-state index in [0.29, 0.717) is 23.9 Å². The van der Waals surface area contributed by atoms with Crippen LogP contribution in [0, 0.1) is 5.92 Å². The summed E-state index contributed by atoms with van der Waals surface area (Å²) in [6, 6.07) is 0.642. The summed E-state index contributed by atoms with van der Waals surface area (Å²) in [6.07, 6.45) is 9.42. The van der Waals surface area contributed by atoms with Crippen LogP contribution >= 0.6 is 22.6 Å². The molecular weight excluding hydrogens is 363 g/mol. The minimum absolute atomic E-state index is 0.373. The molecule has 114 valence electrons. The molecule has 4 heteroatoms. The van der Waals surface area contributed by atoms with Crippen molar-refractivity contribution < 1.29 is 9.69 Å². The maximum Gasteiger partial charge on any atom is 0.189 e. The number of hydrogen-bond donors (Lipinski definition) is 1. The highest BCUT2D eigenvalue weighted by Crippen LogP contribution is 2.29. The van der Waals surface area contributed by atoms with Crippen molar-refractivity contribution in [1.82, 2.24) is 4.90 Å². The molecule has 3 fully saturated rings. The number of carbonyl (C=O) groups excluding carboxylic acids is 1. The van der Waals surface area contributed by atoms with E-state index in [1.165, 1.54) is 45.2 Å². The molecule has 3 nitrogen and oxygen atoms in total. The summed E-state index contributed by atoms with van der Waals surface area (Å²) in [7, 11) is 0. The Morgan fingerprint density at radius 1 is 1.20 bits per heavy atom. The van der Waals surface area contributed by atoms with Gasteiger partial charge in [-0.25, -0.2) is 4.90 Å². The Hall–Kier alpha value is 0.320. The van der Waals surface area contributed by atoms with E-state index in [4.69, 9.17) is 0 Å². The molecule has 0 aromatic carbocycles. The van der Waals surface area contributed by atoms with Gasteiger partial charge in [0, 0.05) is 22.8 Å². The predicted octanol–water partition coefficient (Wildman–Crippen LogP) is 1.65. The Morgan fingerprint density at radius 3 is 2.70 bits per heavy atom. The van der Waals surface area contributed by atoms with Crippen LogP contribution in [0.5, 0.6) is 0 Å². The number of carbonyl (C=O) groups is 1. The number of fused-ring (bicyclic) bond motifs is 1. The fourth-order valence-corrected chi connectivity index (χ4v) is 5.16. The van der Waals surface area contributed by atoms with Gasteiger partial charge >= 0.3 is 0 Å². The van der Waals surface area contributed by atoms with Crippen LogP contribution in [0.2, 0.25) is 0 Å². The molecule has 20 heavy (non-hydrogen) atoms. The highest BCUT2D eigenvalue weighted by molar-refractivity contribution is 14.1. The summed E-state index contributed by atoms with van der Waals surface area (Å²) < 4.78 is 0.809. The number of rotatable bonds is 3. The van der Waals surface area contributed by atoms with Crippen LogP contribution in [0.1, 0.15) is 51.9 Å². The molecule has 1 aliphatic carbocycles. The average Bonchev–Trinajstić information content (AvgIpc) is 2.76. The lowest BCUT2D eigenvalue weighted by Crippen LogP contribution is -3.18. The van der Waals surface area contributed by atoms with Crippen LogP contribution in [0.3, 0.4) is 0 Å². The van der Waals surface area contributed by atoms with Crippen LogP contribution in [-0.2, 0) is 4.79 Å². The van der Waals surface area contributed by atoms with Crippen molar-refractivity contribution in [2.75, 3.05) is 19.6 Å². The van der Waals surface area contributed by atoms with Crippen LogP contribution in [-0.4, -0.2) is 46.4 Å². The molecule has 3 aliphatic rings. The van der Waals surface area contributed by atoms with Crippen LogP contribution in [0.4, 0.5) is 0 Å². The third kappa shape index (κ3) is 3.22. The first kappa shape index (κ1) is 15.2. The Bertz CT molecular complexity index is 354. The first-order valence-corrected chi connectivity index (χ1v) is 9.66. The molecule has 1 saturated carbocycles. The van der Waals surface area contributed by atoms with Crippen molar-refractivity contribution in [2.45, 2.75) is 68.0 Å². The second-order valence-electron chi connectivity index (χ2n) is 7.07. The van der Waals surface area contributed by atoms with Gasteiger partial charge in [-0.05, 0) is 45.4 Å². The molecule has 2 saturated heterocycles. The standard InChI is InChI=1S/C16H27IN2O/c1-12-10-18-9-3-2-4-16(18)19(12)11-15(20)13-5-7-14(17)8-6-13/h12-14,16H,2-11H2,1H3/p+1. The fraction of sp³-hybridized carbons (Fsp3) is 0.938. The lowest BCUT2D eigenvalue weighted by Gasteiger charge is -2.32. The van der Waals surface area contributed by atoms with Crippen LogP contribution < -0.4 is 4.90 Å². The molecule has 0 radical (unpaired) electrons. The Kier molecular flexibility index (Phi) is 5.03. The maximum atomic E-state index is 12.6. The smallest absolute Gasteiger partial charge is 0.189 e. The van der Waals surface area contributed by atoms with E-state index in [0.717, 1.165) is 23.3 Å².